The molecule has 0 unspecified atom stereocenters. The summed E-state index contributed by atoms with van der Waals surface area (Å²) in [4.78, 5) is 0. The van der Waals surface area contributed by atoms with Crippen LogP contribution in [0.15, 0.2) is 72.8 Å². The summed E-state index contributed by atoms with van der Waals surface area (Å²) < 4.78 is 29.6. The summed E-state index contributed by atoms with van der Waals surface area (Å²) in [6.07, 6.45) is 0. The van der Waals surface area contributed by atoms with Gasteiger partial charge in [0.25, 0.3) is 0 Å². The van der Waals surface area contributed by atoms with Gasteiger partial charge >= 0.3 is 31.5 Å². The number of aryl methyl sites for hydroxylation is 1. The Labute approximate surface area is 149 Å². The van der Waals surface area contributed by atoms with Crippen LogP contribution in [-0.2, 0) is 23.6 Å². The Morgan fingerprint density at radius 1 is 0.750 bits per heavy atom. The van der Waals surface area contributed by atoms with Crippen LogP contribution in [0.2, 0.25) is 0 Å². The average molecular weight is 404 g/mol. The summed E-state index contributed by atoms with van der Waals surface area (Å²) in [6.45, 7) is 2.16. The van der Waals surface area contributed by atoms with E-state index in [1.165, 1.54) is 38.2 Å². The quantitative estimate of drug-likeness (QED) is 0.302. The molecule has 0 aliphatic rings. The van der Waals surface area contributed by atoms with E-state index >= 15 is 0 Å². The van der Waals surface area contributed by atoms with Crippen LogP contribution in [0.3, 0.4) is 0 Å². The normalized spacial score (nSPS) is 10.5. The zero-order valence-corrected chi connectivity index (χ0v) is 15.5. The van der Waals surface area contributed by atoms with E-state index in [0.29, 0.717) is 0 Å². The molecule has 0 radical (unpaired) electrons. The van der Waals surface area contributed by atoms with Crippen molar-refractivity contribution in [3.8, 4) is 11.1 Å². The first-order chi connectivity index (χ1) is 11.6. The van der Waals surface area contributed by atoms with E-state index in [1.807, 2.05) is 0 Å². The Balaban J connectivity index is 0.000000383. The van der Waals surface area contributed by atoms with Gasteiger partial charge in [-0.1, -0.05) is 61.0 Å². The Kier molecular flexibility index (Phi) is 5.25. The maximum absolute atomic E-state index is 9.86. The van der Waals surface area contributed by atoms with Crippen LogP contribution in [0.1, 0.15) is 5.56 Å². The number of hydrogen-bond donors (Lipinski definition) is 0. The third kappa shape index (κ3) is 3.65. The molecule has 4 heteroatoms. The molecule has 0 bridgehead atoms. The summed E-state index contributed by atoms with van der Waals surface area (Å²) in [5, 5.41) is 5.29. The fourth-order valence-corrected chi connectivity index (χ4v) is 3.08. The molecular weight excluding hydrogens is 388 g/mol. The molecule has 0 N–H and O–H groups in total. The van der Waals surface area contributed by atoms with E-state index in [2.05, 4.69) is 79.7 Å². The number of rotatable bonds is 1. The maximum atomic E-state index is 9.86. The Hall–Kier alpha value is -1.80. The van der Waals surface area contributed by atoms with Crippen molar-refractivity contribution in [1.29, 1.82) is 0 Å². The van der Waals surface area contributed by atoms with Crippen LogP contribution < -0.4 is 0 Å². The van der Waals surface area contributed by atoms with Gasteiger partial charge in [-0.25, -0.2) is 0 Å². The summed E-state index contributed by atoms with van der Waals surface area (Å²) in [7, 11) is 0. The predicted octanol–water partition coefficient (Wildman–Crippen LogP) is 6.95. The third-order valence-electron chi connectivity index (χ3n) is 3.97. The van der Waals surface area contributed by atoms with Crippen LogP contribution in [0.4, 0.5) is 7.88 Å². The van der Waals surface area contributed by atoms with Gasteiger partial charge in [-0.05, 0) is 16.3 Å². The van der Waals surface area contributed by atoms with Crippen molar-refractivity contribution in [3.05, 3.63) is 78.4 Å². The van der Waals surface area contributed by atoms with Crippen LogP contribution in [0.5, 0.6) is 0 Å². The summed E-state index contributed by atoms with van der Waals surface area (Å²) in [5.74, 6) is 0. The van der Waals surface area contributed by atoms with Gasteiger partial charge in [0.1, 0.15) is 0 Å². The first-order valence-corrected chi connectivity index (χ1v) is 10.3. The molecule has 0 atom stereocenters. The van der Waals surface area contributed by atoms with E-state index in [9.17, 15) is 7.88 Å². The third-order valence-corrected chi connectivity index (χ3v) is 3.97. The monoisotopic (exact) mass is 402 g/mol. The number of hydrogen-bond acceptors (Lipinski definition) is 0. The van der Waals surface area contributed by atoms with Crippen molar-refractivity contribution >= 4 is 21.5 Å². The van der Waals surface area contributed by atoms with Gasteiger partial charge in [0.2, 0.25) is 0 Å². The van der Waals surface area contributed by atoms with E-state index in [4.69, 9.17) is 0 Å². The van der Waals surface area contributed by atoms with Crippen LogP contribution >= 0.6 is 0 Å². The van der Waals surface area contributed by atoms with Gasteiger partial charge in [-0.3, -0.25) is 0 Å². The van der Waals surface area contributed by atoms with Crippen molar-refractivity contribution in [2.45, 2.75) is 6.92 Å². The van der Waals surface area contributed by atoms with Crippen LogP contribution in [0, 0.1) is 6.92 Å². The molecule has 4 aromatic rings. The summed E-state index contributed by atoms with van der Waals surface area (Å²) in [6, 6.07) is 26.2. The summed E-state index contributed by atoms with van der Waals surface area (Å²) >= 11 is -5.04. The molecule has 4 aromatic carbocycles. The molecule has 0 spiro atoms. The van der Waals surface area contributed by atoms with E-state index in [0.717, 1.165) is 0 Å². The fraction of sp³-hybridized carbons (Fsp3) is 0.0500. The Morgan fingerprint density at radius 3 is 2.08 bits per heavy atom. The molecular formula is C20H15F3Zr-. The van der Waals surface area contributed by atoms with Gasteiger partial charge in [-0.15, -0.1) is 34.5 Å². The van der Waals surface area contributed by atoms with Crippen molar-refractivity contribution in [2.24, 2.45) is 0 Å². The van der Waals surface area contributed by atoms with Gasteiger partial charge in [0, 0.05) is 0 Å². The SMILES string of the molecule is Cc1cc2c(-c3cccc4ccccc34)cccc2[cH-]1.[F][Zr]([F])[F]. The molecule has 0 aliphatic carbocycles. The van der Waals surface area contributed by atoms with Gasteiger partial charge < -0.3 is 0 Å². The average Bonchev–Trinajstić information content (AvgIpc) is 2.94. The molecule has 24 heavy (non-hydrogen) atoms. The number of fused-ring (bicyclic) bond motifs is 2. The fourth-order valence-electron chi connectivity index (χ4n) is 3.08. The molecule has 0 fully saturated rings. The molecule has 0 aromatic heterocycles. The van der Waals surface area contributed by atoms with Crippen molar-refractivity contribution < 1.29 is 31.5 Å². The predicted molar refractivity (Wildman–Crippen MR) is 90.5 cm³/mol. The van der Waals surface area contributed by atoms with E-state index < -0.39 is 23.6 Å². The van der Waals surface area contributed by atoms with Gasteiger partial charge in [0.15, 0.2) is 0 Å². The van der Waals surface area contributed by atoms with Crippen molar-refractivity contribution in [2.75, 3.05) is 0 Å². The molecule has 0 saturated heterocycles. The molecule has 121 valence electrons. The second-order valence-corrected chi connectivity index (χ2v) is 6.64. The van der Waals surface area contributed by atoms with Gasteiger partial charge in [-0.2, -0.15) is 6.07 Å². The second-order valence-electron chi connectivity index (χ2n) is 5.58. The molecule has 0 amide bonds. The minimum atomic E-state index is -5.04. The molecule has 0 nitrogen and oxygen atoms in total. The van der Waals surface area contributed by atoms with Gasteiger partial charge in [0.05, 0.1) is 0 Å². The van der Waals surface area contributed by atoms with E-state index in [-0.39, 0.29) is 0 Å². The first-order valence-electron chi connectivity index (χ1n) is 7.54. The van der Waals surface area contributed by atoms with E-state index in [1.54, 1.807) is 0 Å². The van der Waals surface area contributed by atoms with Crippen LogP contribution in [0.25, 0.3) is 32.7 Å². The Bertz CT molecular complexity index is 965. The molecule has 0 saturated carbocycles. The zero-order chi connectivity index (χ0) is 17.1. The van der Waals surface area contributed by atoms with Crippen molar-refractivity contribution in [1.82, 2.24) is 0 Å². The standard InChI is InChI=1S/C20H15.3FH.Zr/c1-14-12-16-8-5-11-19(20(16)13-14)18-10-4-7-15-6-2-3-9-17(15)18;;;;/h2-13H,1H3;3*1H;/q-1;;;;+3/p-3. The zero-order valence-electron chi connectivity index (χ0n) is 13.1. The number of halogens is 3. The Morgan fingerprint density at radius 2 is 1.33 bits per heavy atom. The number of benzene rings is 3. The molecule has 0 aliphatic heterocycles. The first kappa shape index (κ1) is 17.0. The van der Waals surface area contributed by atoms with Crippen LogP contribution in [-0.4, -0.2) is 0 Å². The molecule has 4 rings (SSSR count). The minimum absolute atomic E-state index is 1.30. The molecule has 0 heterocycles. The topological polar surface area (TPSA) is 0 Å². The summed E-state index contributed by atoms with van der Waals surface area (Å²) in [5.41, 5.74) is 3.97. The van der Waals surface area contributed by atoms with Crippen molar-refractivity contribution in [3.63, 3.8) is 0 Å². The second kappa shape index (κ2) is 7.40.